The van der Waals surface area contributed by atoms with Crippen molar-refractivity contribution in [3.63, 3.8) is 0 Å². The van der Waals surface area contributed by atoms with Gasteiger partial charge in [-0.05, 0) is 37.3 Å². The molecule has 11 nitrogen and oxygen atoms in total. The summed E-state index contributed by atoms with van der Waals surface area (Å²) in [6.07, 6.45) is 10.5. The Hall–Kier alpha value is -3.73. The maximum absolute atomic E-state index is 11.5. The average Bonchev–Trinajstić information content (AvgIpc) is 3.57. The van der Waals surface area contributed by atoms with Crippen molar-refractivity contribution in [2.24, 2.45) is 17.6 Å². The third-order valence-electron chi connectivity index (χ3n) is 6.10. The Balaban J connectivity index is 1.34. The Bertz CT molecular complexity index is 1260. The minimum Gasteiger partial charge on any atom is -0.383 e. The molecule has 33 heavy (non-hydrogen) atoms. The topological polar surface area (TPSA) is 140 Å². The number of nitrogens with zero attached hydrogens (tertiary/aromatic N) is 8. The minimum absolute atomic E-state index is 0.0393. The van der Waals surface area contributed by atoms with Crippen molar-refractivity contribution >= 4 is 17.1 Å². The number of carbonyl (C=O) groups excluding carboxylic acids is 1. The molecule has 4 aromatic rings. The van der Waals surface area contributed by atoms with Crippen molar-refractivity contribution in [3.8, 4) is 16.9 Å². The van der Waals surface area contributed by atoms with Crippen LogP contribution in [0, 0.1) is 11.8 Å². The first-order valence-electron chi connectivity index (χ1n) is 11.0. The van der Waals surface area contributed by atoms with Crippen LogP contribution in [0.2, 0.25) is 0 Å². The van der Waals surface area contributed by atoms with Crippen molar-refractivity contribution < 1.29 is 9.53 Å². The van der Waals surface area contributed by atoms with Crippen LogP contribution in [0.5, 0.6) is 0 Å². The molecule has 0 radical (unpaired) electrons. The monoisotopic (exact) mass is 447 g/mol. The lowest BCUT2D eigenvalue weighted by molar-refractivity contribution is -0.121. The summed E-state index contributed by atoms with van der Waals surface area (Å²) >= 11 is 0. The second kappa shape index (κ2) is 9.02. The number of rotatable bonds is 8. The number of aromatic nitrogens is 8. The zero-order chi connectivity index (χ0) is 22.8. The van der Waals surface area contributed by atoms with E-state index in [1.165, 1.54) is 0 Å². The van der Waals surface area contributed by atoms with E-state index in [1.54, 1.807) is 30.4 Å². The van der Waals surface area contributed by atoms with Crippen molar-refractivity contribution in [1.29, 1.82) is 0 Å². The van der Waals surface area contributed by atoms with Crippen LogP contribution in [-0.4, -0.2) is 59.4 Å². The molecular formula is C22H25N9O2. The fraction of sp³-hybridized carbons (Fsp3) is 0.409. The Morgan fingerprint density at radius 2 is 2.12 bits per heavy atom. The highest BCUT2D eigenvalue weighted by molar-refractivity contribution is 5.77. The Morgan fingerprint density at radius 1 is 1.21 bits per heavy atom. The normalized spacial score (nSPS) is 18.2. The summed E-state index contributed by atoms with van der Waals surface area (Å²) in [7, 11) is 1.67. The van der Waals surface area contributed by atoms with Crippen LogP contribution in [0.3, 0.4) is 0 Å². The van der Waals surface area contributed by atoms with Gasteiger partial charge in [0.1, 0.15) is 5.82 Å². The number of ether oxygens (including phenoxy) is 1. The van der Waals surface area contributed by atoms with Crippen molar-refractivity contribution in [3.05, 3.63) is 42.7 Å². The van der Waals surface area contributed by atoms with Gasteiger partial charge in [-0.1, -0.05) is 5.21 Å². The number of hydrogen-bond donors (Lipinski definition) is 1. The van der Waals surface area contributed by atoms with Crippen molar-refractivity contribution in [1.82, 2.24) is 39.7 Å². The molecule has 1 saturated carbocycles. The van der Waals surface area contributed by atoms with Gasteiger partial charge in [-0.2, -0.15) is 9.78 Å². The molecule has 1 aliphatic carbocycles. The maximum atomic E-state index is 11.5. The van der Waals surface area contributed by atoms with Gasteiger partial charge >= 0.3 is 0 Å². The van der Waals surface area contributed by atoms with Crippen LogP contribution >= 0.6 is 0 Å². The van der Waals surface area contributed by atoms with Crippen LogP contribution in [0.4, 0.5) is 0 Å². The molecule has 2 N–H and O–H groups in total. The predicted molar refractivity (Wildman–Crippen MR) is 119 cm³/mol. The molecular weight excluding hydrogens is 422 g/mol. The molecule has 0 aliphatic heterocycles. The van der Waals surface area contributed by atoms with E-state index in [1.807, 2.05) is 23.0 Å². The predicted octanol–water partition coefficient (Wildman–Crippen LogP) is 1.56. The quantitative estimate of drug-likeness (QED) is 0.429. The summed E-state index contributed by atoms with van der Waals surface area (Å²) in [5.74, 6) is 0.821. The summed E-state index contributed by atoms with van der Waals surface area (Å²) in [4.78, 5) is 25.2. The second-order valence-electron chi connectivity index (χ2n) is 8.37. The zero-order valence-corrected chi connectivity index (χ0v) is 18.3. The minimum atomic E-state index is -0.214. The van der Waals surface area contributed by atoms with Crippen LogP contribution in [0.15, 0.2) is 36.9 Å². The number of pyridine rings is 1. The van der Waals surface area contributed by atoms with E-state index in [9.17, 15) is 4.79 Å². The van der Waals surface area contributed by atoms with Gasteiger partial charge in [0.2, 0.25) is 5.91 Å². The largest absolute Gasteiger partial charge is 0.383 e. The molecule has 1 amide bonds. The molecule has 0 saturated heterocycles. The molecule has 1 aliphatic rings. The van der Waals surface area contributed by atoms with E-state index < -0.39 is 0 Å². The number of fused-ring (bicyclic) bond motifs is 1. The smallest absolute Gasteiger partial charge is 0.220 e. The highest BCUT2D eigenvalue weighted by Gasteiger charge is 2.29. The first-order chi connectivity index (χ1) is 16.1. The van der Waals surface area contributed by atoms with Crippen LogP contribution in [-0.2, 0) is 22.5 Å². The Morgan fingerprint density at radius 3 is 2.88 bits per heavy atom. The number of primary amides is 1. The van der Waals surface area contributed by atoms with Gasteiger partial charge in [0.05, 0.1) is 43.1 Å². The molecule has 0 spiro atoms. The molecule has 2 atom stereocenters. The lowest BCUT2D eigenvalue weighted by Crippen LogP contribution is -2.21. The lowest BCUT2D eigenvalue weighted by Gasteiger charge is -2.09. The maximum Gasteiger partial charge on any atom is 0.220 e. The SMILES string of the molecule is COCCn1cc(-c2ccc(-n3nnc4cnc(C[C@@H]5CC[C@@H](C(N)=O)C5)nc43)cn2)cn1. The lowest BCUT2D eigenvalue weighted by atomic mass is 10.0. The standard InChI is InChI=1S/C22H25N9O2/c1-33-7-6-30-13-16(10-26-30)18-5-4-17(11-24-18)31-22-19(28-29-31)12-25-20(27-22)9-14-2-3-15(8-14)21(23)32/h4-5,10-15H,2-3,6-9H2,1H3,(H2,23,32)/t14-,15-/m1/s1. The highest BCUT2D eigenvalue weighted by atomic mass is 16.5. The van der Waals surface area contributed by atoms with Gasteiger partial charge in [-0.15, -0.1) is 5.10 Å². The summed E-state index contributed by atoms with van der Waals surface area (Å²) in [5.41, 5.74) is 9.20. The third kappa shape index (κ3) is 4.44. The summed E-state index contributed by atoms with van der Waals surface area (Å²) in [6, 6.07) is 3.85. The molecule has 0 bridgehead atoms. The number of hydrogen-bond acceptors (Lipinski definition) is 8. The molecule has 4 heterocycles. The van der Waals surface area contributed by atoms with E-state index in [4.69, 9.17) is 15.5 Å². The van der Waals surface area contributed by atoms with E-state index in [2.05, 4.69) is 25.4 Å². The molecule has 170 valence electrons. The molecule has 0 unspecified atom stereocenters. The number of amides is 1. The summed E-state index contributed by atoms with van der Waals surface area (Å²) in [6.45, 7) is 1.29. The molecule has 1 fully saturated rings. The summed E-state index contributed by atoms with van der Waals surface area (Å²) < 4.78 is 8.59. The van der Waals surface area contributed by atoms with E-state index in [-0.39, 0.29) is 11.8 Å². The van der Waals surface area contributed by atoms with Crippen LogP contribution in [0.1, 0.15) is 25.1 Å². The number of nitrogens with two attached hydrogens (primary N) is 1. The molecule has 5 rings (SSSR count). The van der Waals surface area contributed by atoms with Gasteiger partial charge in [-0.3, -0.25) is 14.5 Å². The number of methoxy groups -OCH3 is 1. The fourth-order valence-electron chi connectivity index (χ4n) is 4.30. The van der Waals surface area contributed by atoms with Gasteiger partial charge in [0.25, 0.3) is 0 Å². The van der Waals surface area contributed by atoms with Gasteiger partial charge in [0.15, 0.2) is 11.2 Å². The van der Waals surface area contributed by atoms with Gasteiger partial charge < -0.3 is 10.5 Å². The van der Waals surface area contributed by atoms with Crippen LogP contribution < -0.4 is 5.73 Å². The first-order valence-corrected chi connectivity index (χ1v) is 11.0. The van der Waals surface area contributed by atoms with Crippen LogP contribution in [0.25, 0.3) is 28.1 Å². The van der Waals surface area contributed by atoms with Gasteiger partial charge in [-0.25, -0.2) is 9.97 Å². The summed E-state index contributed by atoms with van der Waals surface area (Å²) in [5, 5.41) is 12.8. The van der Waals surface area contributed by atoms with E-state index in [0.717, 1.165) is 36.2 Å². The van der Waals surface area contributed by atoms with Crippen molar-refractivity contribution in [2.75, 3.05) is 13.7 Å². The molecule has 11 heteroatoms. The van der Waals surface area contributed by atoms with Gasteiger partial charge in [0, 0.05) is 31.2 Å². The first kappa shape index (κ1) is 21.1. The zero-order valence-electron chi connectivity index (χ0n) is 18.3. The Kier molecular flexibility index (Phi) is 5.78. The third-order valence-corrected chi connectivity index (χ3v) is 6.10. The molecule has 4 aromatic heterocycles. The second-order valence-corrected chi connectivity index (χ2v) is 8.37. The van der Waals surface area contributed by atoms with E-state index >= 15 is 0 Å². The highest BCUT2D eigenvalue weighted by Crippen LogP contribution is 2.32. The van der Waals surface area contributed by atoms with Crippen molar-refractivity contribution in [2.45, 2.75) is 32.2 Å². The van der Waals surface area contributed by atoms with E-state index in [0.29, 0.717) is 42.5 Å². The average molecular weight is 448 g/mol. The molecule has 0 aromatic carbocycles. The number of carbonyl (C=O) groups is 1. The fourth-order valence-corrected chi connectivity index (χ4v) is 4.30. The Labute approximate surface area is 190 Å².